The quantitative estimate of drug-likeness (QED) is 0.543. The number of amides is 1. The molecule has 0 unspecified atom stereocenters. The van der Waals surface area contributed by atoms with E-state index in [-0.39, 0.29) is 5.91 Å². The summed E-state index contributed by atoms with van der Waals surface area (Å²) in [5.74, 6) is 0.944. The van der Waals surface area contributed by atoms with Gasteiger partial charge in [0.25, 0.3) is 5.91 Å². The topological polar surface area (TPSA) is 60.5 Å². The Balaban J connectivity index is 1.72. The Labute approximate surface area is 169 Å². The first-order valence-corrected chi connectivity index (χ1v) is 10.2. The first kappa shape index (κ1) is 19.8. The fourth-order valence-corrected chi connectivity index (χ4v) is 2.96. The number of hydrogen-bond donors (Lipinski definition) is 1. The van der Waals surface area contributed by atoms with Crippen LogP contribution in [0.1, 0.15) is 22.8 Å². The number of aromatic nitrogens is 1. The second-order valence-corrected chi connectivity index (χ2v) is 6.80. The van der Waals surface area contributed by atoms with Crippen LogP contribution in [0.5, 0.6) is 11.5 Å². The van der Waals surface area contributed by atoms with Crippen LogP contribution in [0.3, 0.4) is 0 Å². The minimum atomic E-state index is -0.196. The molecule has 3 aromatic rings. The monoisotopic (exact) mass is 394 g/mol. The molecule has 0 aliphatic rings. The molecule has 1 heterocycles. The summed E-state index contributed by atoms with van der Waals surface area (Å²) in [5, 5.41) is 2.90. The van der Waals surface area contributed by atoms with Crippen LogP contribution in [-0.2, 0) is 6.61 Å². The summed E-state index contributed by atoms with van der Waals surface area (Å²) in [6.45, 7) is 2.77. The van der Waals surface area contributed by atoms with Crippen LogP contribution in [-0.4, -0.2) is 23.8 Å². The average molecular weight is 394 g/mol. The Morgan fingerprint density at radius 2 is 1.75 bits per heavy atom. The highest BCUT2D eigenvalue weighted by molar-refractivity contribution is 7.98. The Bertz CT molecular complexity index is 915. The summed E-state index contributed by atoms with van der Waals surface area (Å²) in [7, 11) is 0. The van der Waals surface area contributed by atoms with Crippen LogP contribution in [0.15, 0.2) is 71.9 Å². The van der Waals surface area contributed by atoms with E-state index >= 15 is 0 Å². The third kappa shape index (κ3) is 5.27. The molecule has 0 radical (unpaired) electrons. The molecule has 6 heteroatoms. The fourth-order valence-electron chi connectivity index (χ4n) is 2.55. The van der Waals surface area contributed by atoms with Crippen molar-refractivity contribution in [3.8, 4) is 11.5 Å². The lowest BCUT2D eigenvalue weighted by Gasteiger charge is -2.13. The molecule has 1 N–H and O–H groups in total. The Hall–Kier alpha value is -2.99. The van der Waals surface area contributed by atoms with Crippen molar-refractivity contribution in [3.63, 3.8) is 0 Å². The number of thioether (sulfide) groups is 1. The third-order valence-electron chi connectivity index (χ3n) is 4.00. The van der Waals surface area contributed by atoms with Gasteiger partial charge in [0.15, 0.2) is 11.5 Å². The maximum Gasteiger partial charge on any atom is 0.255 e. The largest absolute Gasteiger partial charge is 0.490 e. The molecule has 1 aromatic heterocycles. The van der Waals surface area contributed by atoms with E-state index in [1.165, 1.54) is 0 Å². The Morgan fingerprint density at radius 3 is 2.43 bits per heavy atom. The van der Waals surface area contributed by atoms with Crippen molar-refractivity contribution in [2.45, 2.75) is 18.4 Å². The van der Waals surface area contributed by atoms with Gasteiger partial charge in [-0.25, -0.2) is 0 Å². The molecule has 0 aliphatic heterocycles. The van der Waals surface area contributed by atoms with Crippen LogP contribution >= 0.6 is 11.8 Å². The summed E-state index contributed by atoms with van der Waals surface area (Å²) >= 11 is 1.66. The maximum absolute atomic E-state index is 12.6. The highest BCUT2D eigenvalue weighted by Crippen LogP contribution is 2.30. The van der Waals surface area contributed by atoms with Crippen LogP contribution in [0.4, 0.5) is 5.69 Å². The summed E-state index contributed by atoms with van der Waals surface area (Å²) < 4.78 is 11.5. The molecule has 0 saturated heterocycles. The molecule has 144 valence electrons. The van der Waals surface area contributed by atoms with E-state index in [9.17, 15) is 4.79 Å². The lowest BCUT2D eigenvalue weighted by atomic mass is 10.1. The van der Waals surface area contributed by atoms with Gasteiger partial charge in [0.1, 0.15) is 6.61 Å². The molecule has 3 rings (SSSR count). The van der Waals surface area contributed by atoms with Gasteiger partial charge >= 0.3 is 0 Å². The lowest BCUT2D eigenvalue weighted by Crippen LogP contribution is -2.12. The van der Waals surface area contributed by atoms with Crippen molar-refractivity contribution >= 4 is 23.4 Å². The van der Waals surface area contributed by atoms with Gasteiger partial charge in [0.05, 0.1) is 6.61 Å². The van der Waals surface area contributed by atoms with Gasteiger partial charge in [0.2, 0.25) is 0 Å². The number of nitrogens with one attached hydrogen (secondary N) is 1. The number of benzene rings is 2. The number of ether oxygens (including phenoxy) is 2. The molecule has 5 nitrogen and oxygen atoms in total. The van der Waals surface area contributed by atoms with Crippen LogP contribution in [0.25, 0.3) is 0 Å². The standard InChI is InChI=1S/C22H22N2O3S/c1-3-26-21-14-17(22(25)24-18-5-7-19(28-2)8-6-18)4-9-20(21)27-15-16-10-12-23-13-11-16/h4-14H,3,15H2,1-2H3,(H,24,25). The summed E-state index contributed by atoms with van der Waals surface area (Å²) in [6.07, 6.45) is 5.46. The predicted octanol–water partition coefficient (Wildman–Crippen LogP) is 5.03. The zero-order valence-electron chi connectivity index (χ0n) is 15.8. The average Bonchev–Trinajstić information content (AvgIpc) is 2.74. The van der Waals surface area contributed by atoms with Crippen molar-refractivity contribution in [1.82, 2.24) is 4.98 Å². The van der Waals surface area contributed by atoms with Crippen molar-refractivity contribution in [3.05, 3.63) is 78.1 Å². The van der Waals surface area contributed by atoms with Crippen molar-refractivity contribution in [1.29, 1.82) is 0 Å². The Kier molecular flexibility index (Phi) is 6.92. The van der Waals surface area contributed by atoms with Crippen LogP contribution < -0.4 is 14.8 Å². The van der Waals surface area contributed by atoms with E-state index in [0.717, 1.165) is 16.1 Å². The molecule has 0 fully saturated rings. The molecule has 0 bridgehead atoms. The van der Waals surface area contributed by atoms with E-state index in [2.05, 4.69) is 10.3 Å². The molecule has 2 aromatic carbocycles. The second kappa shape index (κ2) is 9.80. The lowest BCUT2D eigenvalue weighted by molar-refractivity contribution is 0.102. The van der Waals surface area contributed by atoms with Gasteiger partial charge in [0, 0.05) is 28.5 Å². The van der Waals surface area contributed by atoms with Gasteiger partial charge in [-0.3, -0.25) is 9.78 Å². The first-order valence-electron chi connectivity index (χ1n) is 8.93. The normalized spacial score (nSPS) is 10.4. The highest BCUT2D eigenvalue weighted by Gasteiger charge is 2.12. The molecule has 28 heavy (non-hydrogen) atoms. The molecular formula is C22H22N2O3S. The minimum absolute atomic E-state index is 0.196. The fraction of sp³-hybridized carbons (Fsp3) is 0.182. The molecule has 0 atom stereocenters. The number of nitrogens with zero attached hydrogens (tertiary/aromatic N) is 1. The van der Waals surface area contributed by atoms with Gasteiger partial charge < -0.3 is 14.8 Å². The number of rotatable bonds is 8. The van der Waals surface area contributed by atoms with E-state index < -0.39 is 0 Å². The molecule has 0 spiro atoms. The number of anilines is 1. The molecule has 0 aliphatic carbocycles. The summed E-state index contributed by atoms with van der Waals surface area (Å²) in [5.41, 5.74) is 2.26. The van der Waals surface area contributed by atoms with Crippen LogP contribution in [0.2, 0.25) is 0 Å². The first-order chi connectivity index (χ1) is 13.7. The molecular weight excluding hydrogens is 372 g/mol. The maximum atomic E-state index is 12.6. The Morgan fingerprint density at radius 1 is 1.00 bits per heavy atom. The van der Waals surface area contributed by atoms with E-state index in [1.54, 1.807) is 42.4 Å². The van der Waals surface area contributed by atoms with Crippen molar-refractivity contribution in [2.24, 2.45) is 0 Å². The van der Waals surface area contributed by atoms with Crippen molar-refractivity contribution in [2.75, 3.05) is 18.2 Å². The zero-order valence-corrected chi connectivity index (χ0v) is 16.7. The zero-order chi connectivity index (χ0) is 19.8. The minimum Gasteiger partial charge on any atom is -0.490 e. The summed E-state index contributed by atoms with van der Waals surface area (Å²) in [4.78, 5) is 17.7. The van der Waals surface area contributed by atoms with Gasteiger partial charge in [-0.05, 0) is 73.3 Å². The van der Waals surface area contributed by atoms with Gasteiger partial charge in [-0.1, -0.05) is 0 Å². The highest BCUT2D eigenvalue weighted by atomic mass is 32.2. The SMILES string of the molecule is CCOc1cc(C(=O)Nc2ccc(SC)cc2)ccc1OCc1ccncc1. The number of hydrogen-bond acceptors (Lipinski definition) is 5. The van der Waals surface area contributed by atoms with Crippen LogP contribution in [0, 0.1) is 0 Å². The van der Waals surface area contributed by atoms with Gasteiger partial charge in [-0.2, -0.15) is 0 Å². The number of carbonyl (C=O) groups is 1. The number of carbonyl (C=O) groups excluding carboxylic acids is 1. The summed E-state index contributed by atoms with van der Waals surface area (Å²) in [6, 6.07) is 16.7. The second-order valence-electron chi connectivity index (χ2n) is 5.92. The third-order valence-corrected chi connectivity index (χ3v) is 4.74. The van der Waals surface area contributed by atoms with Crippen molar-refractivity contribution < 1.29 is 14.3 Å². The molecule has 1 amide bonds. The molecule has 0 saturated carbocycles. The smallest absolute Gasteiger partial charge is 0.255 e. The number of pyridine rings is 1. The van der Waals surface area contributed by atoms with E-state index in [1.807, 2.05) is 49.6 Å². The van der Waals surface area contributed by atoms with Gasteiger partial charge in [-0.15, -0.1) is 11.8 Å². The predicted molar refractivity (Wildman–Crippen MR) is 112 cm³/mol. The van der Waals surface area contributed by atoms with E-state index in [4.69, 9.17) is 9.47 Å². The van der Waals surface area contributed by atoms with E-state index in [0.29, 0.717) is 30.3 Å².